The molecule has 280 valence electrons. The van der Waals surface area contributed by atoms with E-state index < -0.39 is 74.1 Å². The molecule has 2 saturated heterocycles. The van der Waals surface area contributed by atoms with Crippen molar-refractivity contribution < 1.29 is 56.7 Å². The zero-order valence-corrected chi connectivity index (χ0v) is 31.3. The molecule has 4 heterocycles. The molecule has 2 aliphatic heterocycles. The van der Waals surface area contributed by atoms with E-state index in [1.54, 1.807) is 48.5 Å². The predicted molar refractivity (Wildman–Crippen MR) is 178 cm³/mol. The Labute approximate surface area is 295 Å². The van der Waals surface area contributed by atoms with E-state index in [9.17, 15) is 19.3 Å². The molecule has 1 aliphatic carbocycles. The molecule has 1 amide bonds. The summed E-state index contributed by atoms with van der Waals surface area (Å²) in [5, 5.41) is 12.7. The summed E-state index contributed by atoms with van der Waals surface area (Å²) in [6.45, 7) is 10.6. The van der Waals surface area contributed by atoms with Gasteiger partial charge in [0, 0.05) is 13.2 Å². The number of rotatable bonds is 14. The minimum atomic E-state index is -4.46. The zero-order valence-electron chi connectivity index (χ0n) is 29.6. The van der Waals surface area contributed by atoms with Gasteiger partial charge in [-0.05, 0) is 72.9 Å². The van der Waals surface area contributed by atoms with Crippen LogP contribution in [0.3, 0.4) is 0 Å². The van der Waals surface area contributed by atoms with Gasteiger partial charge in [0.2, 0.25) is 5.28 Å². The van der Waals surface area contributed by atoms with Crippen LogP contribution in [0.1, 0.15) is 80.4 Å². The van der Waals surface area contributed by atoms with Gasteiger partial charge in [-0.25, -0.2) is 14.3 Å². The summed E-state index contributed by atoms with van der Waals surface area (Å²) >= 11 is 6.51. The minimum Gasteiger partial charge on any atom is -0.479 e. The van der Waals surface area contributed by atoms with Gasteiger partial charge in [-0.2, -0.15) is 15.1 Å². The van der Waals surface area contributed by atoms with Crippen LogP contribution in [0.4, 0.5) is 10.6 Å². The van der Waals surface area contributed by atoms with Gasteiger partial charge in [0.1, 0.15) is 23.9 Å². The van der Waals surface area contributed by atoms with Crippen LogP contribution in [-0.2, 0) is 46.8 Å². The number of anilines is 1. The Morgan fingerprint density at radius 2 is 1.76 bits per heavy atom. The fourth-order valence-corrected chi connectivity index (χ4v) is 8.65. The highest BCUT2D eigenvalue weighted by Gasteiger charge is 2.62. The molecule has 1 saturated carbocycles. The second-order valence-electron chi connectivity index (χ2n) is 13.7. The molecule has 3 aliphatic rings. The van der Waals surface area contributed by atoms with Gasteiger partial charge in [0.25, 0.3) is 5.34 Å². The first kappa shape index (κ1) is 38.8. The number of carboxylic acids is 1. The van der Waals surface area contributed by atoms with E-state index >= 15 is 0 Å². The van der Waals surface area contributed by atoms with Crippen molar-refractivity contribution in [2.45, 2.75) is 121 Å². The molecule has 50 heavy (non-hydrogen) atoms. The van der Waals surface area contributed by atoms with Crippen LogP contribution in [0.25, 0.3) is 11.0 Å². The number of carboxylic acid groups (broad SMARTS) is 1. The topological polar surface area (TPSA) is 192 Å². The van der Waals surface area contributed by atoms with Crippen molar-refractivity contribution in [3.8, 4) is 0 Å². The highest BCUT2D eigenvalue weighted by Crippen LogP contribution is 2.61. The lowest BCUT2D eigenvalue weighted by molar-refractivity contribution is -0.209. The smallest absolute Gasteiger partial charge is 0.416 e. The van der Waals surface area contributed by atoms with Crippen molar-refractivity contribution in [3.05, 3.63) is 11.5 Å². The Balaban J connectivity index is 1.52. The molecule has 1 unspecified atom stereocenters. The number of fused-ring (bicyclic) bond motifs is 2. The lowest BCUT2D eigenvalue weighted by Crippen LogP contribution is -2.49. The molecule has 1 N–H and O–H groups in total. The molecule has 0 aromatic carbocycles. The van der Waals surface area contributed by atoms with Crippen LogP contribution in [-0.4, -0.2) is 112 Å². The first-order chi connectivity index (χ1) is 23.5. The number of amides is 1. The molecule has 19 heteroatoms. The maximum atomic E-state index is 13.9. The van der Waals surface area contributed by atoms with Crippen molar-refractivity contribution in [2.75, 3.05) is 38.4 Å². The number of carbonyl (C=O) groups is 2. The standard InChI is InChI=1S/C31H47ClN5O12P/c1-9-44-50(41,45-10-2)31(17-42-8,26(38)39)43-16-20-21-22(48-30(6,7)47-21)25(46-20)37-24-19(15-33-37)23(34-27(32)35-24)36(18-13-11-12-14-18)28(40)49-29(3,4)5/h15,18,20-22,25H,9-14,16-17H2,1-8H3,(H,38,39)/t20-,21-,22-,25-,31?/m1/s1. The lowest BCUT2D eigenvalue weighted by Gasteiger charge is -2.35. The van der Waals surface area contributed by atoms with Gasteiger partial charge < -0.3 is 42.6 Å². The van der Waals surface area contributed by atoms with E-state index in [2.05, 4.69) is 15.1 Å². The number of hydrogen-bond acceptors (Lipinski definition) is 14. The molecule has 2 aromatic rings. The van der Waals surface area contributed by atoms with E-state index in [1.807, 2.05) is 0 Å². The fourth-order valence-electron chi connectivity index (χ4n) is 6.57. The van der Waals surface area contributed by atoms with Crippen LogP contribution < -0.4 is 4.90 Å². The zero-order chi connectivity index (χ0) is 36.6. The van der Waals surface area contributed by atoms with Gasteiger partial charge in [0.05, 0.1) is 38.0 Å². The minimum absolute atomic E-state index is 0.109. The quantitative estimate of drug-likeness (QED) is 0.193. The third-order valence-corrected chi connectivity index (χ3v) is 11.2. The average Bonchev–Trinajstić information content (AvgIpc) is 3.79. The second kappa shape index (κ2) is 14.9. The second-order valence-corrected chi connectivity index (χ2v) is 16.3. The molecule has 17 nitrogen and oxygen atoms in total. The highest BCUT2D eigenvalue weighted by atomic mass is 35.5. The van der Waals surface area contributed by atoms with E-state index in [1.165, 1.54) is 22.9 Å². The van der Waals surface area contributed by atoms with E-state index in [0.717, 1.165) is 25.7 Å². The number of halogens is 1. The molecular weight excluding hydrogens is 701 g/mol. The van der Waals surface area contributed by atoms with Gasteiger partial charge in [-0.1, -0.05) is 12.8 Å². The Morgan fingerprint density at radius 3 is 2.34 bits per heavy atom. The van der Waals surface area contributed by atoms with Crippen LogP contribution >= 0.6 is 19.2 Å². The molecular formula is C31H47ClN5O12P. The predicted octanol–water partition coefficient (Wildman–Crippen LogP) is 5.29. The van der Waals surface area contributed by atoms with Crippen molar-refractivity contribution in [2.24, 2.45) is 0 Å². The number of aromatic nitrogens is 4. The summed E-state index contributed by atoms with van der Waals surface area (Å²) < 4.78 is 62.1. The van der Waals surface area contributed by atoms with Crippen LogP contribution in [0.15, 0.2) is 6.20 Å². The normalized spacial score (nSPS) is 25.1. The van der Waals surface area contributed by atoms with Crippen LogP contribution in [0, 0.1) is 0 Å². The van der Waals surface area contributed by atoms with E-state index in [4.69, 9.17) is 49.1 Å². The number of ether oxygens (including phenoxy) is 6. The van der Waals surface area contributed by atoms with Crippen LogP contribution in [0.5, 0.6) is 0 Å². The maximum absolute atomic E-state index is 13.9. The summed E-state index contributed by atoms with van der Waals surface area (Å²) in [7, 11) is -3.21. The highest BCUT2D eigenvalue weighted by molar-refractivity contribution is 7.56. The molecule has 3 fully saturated rings. The lowest BCUT2D eigenvalue weighted by atomic mass is 10.1. The number of aliphatic carboxylic acids is 1. The number of nitrogens with zero attached hydrogens (tertiary/aromatic N) is 5. The van der Waals surface area contributed by atoms with Gasteiger partial charge in [-0.15, -0.1) is 0 Å². The molecule has 5 atom stereocenters. The fraction of sp³-hybridized carbons (Fsp3) is 0.774. The first-order valence-electron chi connectivity index (χ1n) is 16.7. The van der Waals surface area contributed by atoms with Crippen molar-refractivity contribution in [3.63, 3.8) is 0 Å². The van der Waals surface area contributed by atoms with Gasteiger partial charge in [-0.3, -0.25) is 9.46 Å². The SMILES string of the molecule is CCOP(=O)(OCC)C(COC)(OC[C@H]1O[C@@H](n2ncc3c(N(C(=O)OC(C)(C)C)C4CCCC4)nc(Cl)nc32)[C@@H]2OC(C)(C)O[C@@H]21)C(=O)O. The molecule has 5 rings (SSSR count). The molecule has 0 bridgehead atoms. The Bertz CT molecular complexity index is 1590. The van der Waals surface area contributed by atoms with Crippen LogP contribution in [0.2, 0.25) is 5.28 Å². The first-order valence-corrected chi connectivity index (χ1v) is 18.6. The Morgan fingerprint density at radius 1 is 1.12 bits per heavy atom. The molecule has 0 spiro atoms. The third kappa shape index (κ3) is 7.53. The number of hydrogen-bond donors (Lipinski definition) is 1. The van der Waals surface area contributed by atoms with Gasteiger partial charge in [0.15, 0.2) is 23.5 Å². The average molecular weight is 748 g/mol. The summed E-state index contributed by atoms with van der Waals surface area (Å²) in [5.41, 5.74) is -0.507. The molecule has 0 radical (unpaired) electrons. The Hall–Kier alpha value is -2.47. The van der Waals surface area contributed by atoms with E-state index in [0.29, 0.717) is 5.39 Å². The Kier molecular flexibility index (Phi) is 11.5. The summed E-state index contributed by atoms with van der Waals surface area (Å²) in [4.78, 5) is 36.9. The summed E-state index contributed by atoms with van der Waals surface area (Å²) in [6.07, 6.45) is 0.822. The van der Waals surface area contributed by atoms with E-state index in [-0.39, 0.29) is 36.0 Å². The maximum Gasteiger partial charge on any atom is 0.416 e. The van der Waals surface area contributed by atoms with Gasteiger partial charge >= 0.3 is 19.7 Å². The number of carbonyl (C=O) groups excluding carboxylic acids is 1. The number of methoxy groups -OCH3 is 1. The largest absolute Gasteiger partial charge is 0.479 e. The monoisotopic (exact) mass is 747 g/mol. The van der Waals surface area contributed by atoms with Crippen molar-refractivity contribution >= 4 is 48.1 Å². The summed E-state index contributed by atoms with van der Waals surface area (Å²) in [6, 6.07) is -0.172. The summed E-state index contributed by atoms with van der Waals surface area (Å²) in [5.74, 6) is -2.43. The van der Waals surface area contributed by atoms with Crippen molar-refractivity contribution in [1.29, 1.82) is 0 Å². The van der Waals surface area contributed by atoms with Crippen molar-refractivity contribution in [1.82, 2.24) is 19.7 Å². The third-order valence-electron chi connectivity index (χ3n) is 8.48. The molecule has 2 aromatic heterocycles.